The summed E-state index contributed by atoms with van der Waals surface area (Å²) >= 11 is 0. The molecule has 1 aromatic carbocycles. The molecule has 3 N–H and O–H groups in total. The van der Waals surface area contributed by atoms with Crippen molar-refractivity contribution < 1.29 is 14.3 Å². The maximum absolute atomic E-state index is 12.9. The number of hydrogen-bond donors (Lipinski definition) is 2. The molecule has 6 nitrogen and oxygen atoms in total. The molecular weight excluding hydrogens is 330 g/mol. The van der Waals surface area contributed by atoms with Crippen LogP contribution in [-0.4, -0.2) is 48.6 Å². The highest BCUT2D eigenvalue weighted by Crippen LogP contribution is 2.26. The van der Waals surface area contributed by atoms with Gasteiger partial charge in [-0.1, -0.05) is 49.6 Å². The molecule has 1 aromatic rings. The van der Waals surface area contributed by atoms with E-state index in [1.54, 1.807) is 4.90 Å². The smallest absolute Gasteiger partial charge is 0.249 e. The highest BCUT2D eigenvalue weighted by atomic mass is 16.5. The first-order valence-electron chi connectivity index (χ1n) is 9.60. The molecule has 0 bridgehead atoms. The monoisotopic (exact) mass is 359 g/mol. The first kappa shape index (κ1) is 18.9. The van der Waals surface area contributed by atoms with Crippen LogP contribution in [0, 0.1) is 5.92 Å². The second-order valence-corrected chi connectivity index (χ2v) is 7.29. The summed E-state index contributed by atoms with van der Waals surface area (Å²) in [5.74, 6) is 0.123. The van der Waals surface area contributed by atoms with Gasteiger partial charge in [0.2, 0.25) is 11.8 Å². The predicted molar refractivity (Wildman–Crippen MR) is 99.2 cm³/mol. The minimum Gasteiger partial charge on any atom is -0.369 e. The Bertz CT molecular complexity index is 602. The largest absolute Gasteiger partial charge is 0.369 e. The molecular formula is C20H29N3O3. The lowest BCUT2D eigenvalue weighted by Crippen LogP contribution is -2.59. The van der Waals surface area contributed by atoms with Crippen molar-refractivity contribution in [2.24, 2.45) is 11.7 Å². The minimum absolute atomic E-state index is 0.0273. The molecule has 2 atom stereocenters. The number of amides is 2. The van der Waals surface area contributed by atoms with Gasteiger partial charge in [-0.05, 0) is 24.3 Å². The van der Waals surface area contributed by atoms with E-state index in [1.807, 2.05) is 30.3 Å². The zero-order valence-electron chi connectivity index (χ0n) is 15.2. The molecule has 1 aliphatic heterocycles. The van der Waals surface area contributed by atoms with E-state index in [-0.39, 0.29) is 31.1 Å². The van der Waals surface area contributed by atoms with Gasteiger partial charge in [-0.3, -0.25) is 9.59 Å². The molecule has 3 rings (SSSR count). The normalized spacial score (nSPS) is 22.9. The number of carbonyl (C=O) groups excluding carboxylic acids is 2. The predicted octanol–water partition coefficient (Wildman–Crippen LogP) is 1.44. The Morgan fingerprint density at radius 2 is 1.96 bits per heavy atom. The van der Waals surface area contributed by atoms with Crippen molar-refractivity contribution in [2.45, 2.75) is 50.7 Å². The van der Waals surface area contributed by atoms with Gasteiger partial charge in [0.15, 0.2) is 0 Å². The fraction of sp³-hybridized carbons (Fsp3) is 0.600. The average molecular weight is 359 g/mol. The highest BCUT2D eigenvalue weighted by molar-refractivity contribution is 5.89. The fourth-order valence-electron chi connectivity index (χ4n) is 3.98. The average Bonchev–Trinajstić information content (AvgIpc) is 2.69. The summed E-state index contributed by atoms with van der Waals surface area (Å²) < 4.78 is 5.36. The molecule has 1 saturated heterocycles. The summed E-state index contributed by atoms with van der Waals surface area (Å²) in [6.45, 7) is 1.10. The van der Waals surface area contributed by atoms with Crippen LogP contribution in [0.1, 0.15) is 37.7 Å². The van der Waals surface area contributed by atoms with Crippen molar-refractivity contribution in [3.8, 4) is 0 Å². The zero-order chi connectivity index (χ0) is 18.4. The van der Waals surface area contributed by atoms with Gasteiger partial charge in [0, 0.05) is 19.1 Å². The van der Waals surface area contributed by atoms with Crippen LogP contribution in [0.25, 0.3) is 0 Å². The van der Waals surface area contributed by atoms with Gasteiger partial charge in [-0.25, -0.2) is 0 Å². The second kappa shape index (κ2) is 9.14. The standard InChI is InChI=1S/C20H29N3O3/c21-11-17(16-9-5-2-6-10-16)22-20(25)18-13-26-14-19(24)23(18)12-15-7-3-1-4-8-15/h1,3-4,7-8,16-18H,2,5-6,9-14,21H2,(H,22,25)/t17?,18-/m1/s1. The van der Waals surface area contributed by atoms with Gasteiger partial charge in [-0.2, -0.15) is 0 Å². The van der Waals surface area contributed by atoms with Crippen molar-refractivity contribution in [1.29, 1.82) is 0 Å². The third kappa shape index (κ3) is 4.62. The van der Waals surface area contributed by atoms with E-state index < -0.39 is 6.04 Å². The topological polar surface area (TPSA) is 84.7 Å². The van der Waals surface area contributed by atoms with Crippen LogP contribution in [0.5, 0.6) is 0 Å². The summed E-state index contributed by atoms with van der Waals surface area (Å²) in [4.78, 5) is 26.9. The van der Waals surface area contributed by atoms with Crippen LogP contribution in [0.3, 0.4) is 0 Å². The number of benzene rings is 1. The second-order valence-electron chi connectivity index (χ2n) is 7.29. The van der Waals surface area contributed by atoms with Crippen LogP contribution >= 0.6 is 0 Å². The van der Waals surface area contributed by atoms with Gasteiger partial charge in [0.05, 0.1) is 6.61 Å². The van der Waals surface area contributed by atoms with E-state index in [9.17, 15) is 9.59 Å². The summed E-state index contributed by atoms with van der Waals surface area (Å²) in [5, 5.41) is 3.10. The van der Waals surface area contributed by atoms with Crippen molar-refractivity contribution >= 4 is 11.8 Å². The Kier molecular flexibility index (Phi) is 6.63. The number of rotatable bonds is 6. The summed E-state index contributed by atoms with van der Waals surface area (Å²) in [7, 11) is 0. The number of hydrogen-bond acceptors (Lipinski definition) is 4. The molecule has 2 amide bonds. The Morgan fingerprint density at radius 1 is 1.23 bits per heavy atom. The maximum Gasteiger partial charge on any atom is 0.249 e. The van der Waals surface area contributed by atoms with E-state index >= 15 is 0 Å². The van der Waals surface area contributed by atoms with Crippen LogP contribution in [0.2, 0.25) is 0 Å². The summed E-state index contributed by atoms with van der Waals surface area (Å²) in [6, 6.07) is 9.09. The lowest BCUT2D eigenvalue weighted by Gasteiger charge is -2.37. The molecule has 0 radical (unpaired) electrons. The SMILES string of the molecule is NCC(NC(=O)[C@H]1COCC(=O)N1Cc1ccccc1)C1CCCCC1. The van der Waals surface area contributed by atoms with Crippen LogP contribution in [0.15, 0.2) is 30.3 Å². The summed E-state index contributed by atoms with van der Waals surface area (Å²) in [5.41, 5.74) is 6.94. The number of carbonyl (C=O) groups is 2. The Balaban J connectivity index is 1.67. The Morgan fingerprint density at radius 3 is 2.65 bits per heavy atom. The molecule has 1 saturated carbocycles. The minimum atomic E-state index is -0.603. The number of morpholine rings is 1. The maximum atomic E-state index is 12.9. The first-order valence-corrected chi connectivity index (χ1v) is 9.60. The Labute approximate surface area is 155 Å². The number of nitrogens with zero attached hydrogens (tertiary/aromatic N) is 1. The van der Waals surface area contributed by atoms with E-state index in [1.165, 1.54) is 19.3 Å². The van der Waals surface area contributed by atoms with E-state index in [0.717, 1.165) is 18.4 Å². The zero-order valence-corrected chi connectivity index (χ0v) is 15.2. The first-order chi connectivity index (χ1) is 12.7. The third-order valence-electron chi connectivity index (χ3n) is 5.50. The lowest BCUT2D eigenvalue weighted by molar-refractivity contribution is -0.156. The number of ether oxygens (including phenoxy) is 1. The molecule has 142 valence electrons. The molecule has 26 heavy (non-hydrogen) atoms. The van der Waals surface area contributed by atoms with Gasteiger partial charge in [-0.15, -0.1) is 0 Å². The highest BCUT2D eigenvalue weighted by Gasteiger charge is 2.35. The van der Waals surface area contributed by atoms with Crippen LogP contribution in [0.4, 0.5) is 0 Å². The lowest BCUT2D eigenvalue weighted by atomic mass is 9.84. The molecule has 0 aromatic heterocycles. The number of nitrogens with one attached hydrogen (secondary N) is 1. The molecule has 2 aliphatic rings. The van der Waals surface area contributed by atoms with Crippen molar-refractivity contribution in [3.63, 3.8) is 0 Å². The molecule has 1 unspecified atom stereocenters. The van der Waals surface area contributed by atoms with E-state index in [2.05, 4.69) is 5.32 Å². The van der Waals surface area contributed by atoms with E-state index in [0.29, 0.717) is 19.0 Å². The van der Waals surface area contributed by atoms with Gasteiger partial charge < -0.3 is 20.7 Å². The van der Waals surface area contributed by atoms with Gasteiger partial charge >= 0.3 is 0 Å². The quantitative estimate of drug-likeness (QED) is 0.805. The van der Waals surface area contributed by atoms with Crippen molar-refractivity contribution in [2.75, 3.05) is 19.8 Å². The third-order valence-corrected chi connectivity index (χ3v) is 5.50. The van der Waals surface area contributed by atoms with Gasteiger partial charge in [0.1, 0.15) is 12.6 Å². The van der Waals surface area contributed by atoms with Crippen LogP contribution < -0.4 is 11.1 Å². The van der Waals surface area contributed by atoms with Crippen molar-refractivity contribution in [3.05, 3.63) is 35.9 Å². The van der Waals surface area contributed by atoms with Gasteiger partial charge in [0.25, 0.3) is 0 Å². The van der Waals surface area contributed by atoms with Crippen LogP contribution in [-0.2, 0) is 20.9 Å². The molecule has 6 heteroatoms. The molecule has 0 spiro atoms. The van der Waals surface area contributed by atoms with E-state index in [4.69, 9.17) is 10.5 Å². The molecule has 2 fully saturated rings. The fourth-order valence-corrected chi connectivity index (χ4v) is 3.98. The number of nitrogens with two attached hydrogens (primary N) is 1. The van der Waals surface area contributed by atoms with Crippen molar-refractivity contribution in [1.82, 2.24) is 10.2 Å². The molecule has 1 aliphatic carbocycles. The molecule has 1 heterocycles. The summed E-state index contributed by atoms with van der Waals surface area (Å²) in [6.07, 6.45) is 5.87. The Hall–Kier alpha value is -1.92.